The average molecular weight is 904 g/mol. The van der Waals surface area contributed by atoms with E-state index in [4.69, 9.17) is 19.2 Å². The number of amides is 5. The highest BCUT2D eigenvalue weighted by atomic mass is 19.4. The number of nitrogens with one attached hydrogen (secondary N) is 2. The Kier molecular flexibility index (Phi) is 14.2. The molecule has 3 N–H and O–H groups in total. The first-order chi connectivity index (χ1) is 31.4. The smallest absolute Gasteiger partial charge is 0.416 e. The summed E-state index contributed by atoms with van der Waals surface area (Å²) < 4.78 is 59.5. The second kappa shape index (κ2) is 20.2. The molecule has 0 spiro atoms. The minimum absolute atomic E-state index is 0.00654. The van der Waals surface area contributed by atoms with Crippen molar-refractivity contribution in [2.45, 2.75) is 63.3 Å². The number of rotatable bonds is 17. The maximum Gasteiger partial charge on any atom is 0.416 e. The van der Waals surface area contributed by atoms with Gasteiger partial charge in [-0.25, -0.2) is 4.98 Å². The highest BCUT2D eigenvalue weighted by molar-refractivity contribution is 6.23. The number of aromatic nitrogens is 2. The average Bonchev–Trinajstić information content (AvgIpc) is 3.77. The summed E-state index contributed by atoms with van der Waals surface area (Å²) in [5.41, 5.74) is 1.90. The summed E-state index contributed by atoms with van der Waals surface area (Å²) in [4.78, 5) is 73.5. The molecule has 2 saturated heterocycles. The summed E-state index contributed by atoms with van der Waals surface area (Å²) in [5, 5.41) is 14.7. The second-order valence-corrected chi connectivity index (χ2v) is 16.9. The summed E-state index contributed by atoms with van der Waals surface area (Å²) in [7, 11) is 0. The fourth-order valence-electron chi connectivity index (χ4n) is 9.00. The van der Waals surface area contributed by atoms with Crippen molar-refractivity contribution in [2.24, 2.45) is 5.92 Å². The lowest BCUT2D eigenvalue weighted by Crippen LogP contribution is -2.54. The van der Waals surface area contributed by atoms with Crippen LogP contribution in [-0.4, -0.2) is 137 Å². The third-order valence-corrected chi connectivity index (χ3v) is 12.6. The quantitative estimate of drug-likeness (QED) is 0.0986. The minimum atomic E-state index is -4.58. The van der Waals surface area contributed by atoms with Crippen LogP contribution >= 0.6 is 0 Å². The largest absolute Gasteiger partial charge is 0.491 e. The van der Waals surface area contributed by atoms with Crippen LogP contribution in [0.4, 0.5) is 19.1 Å². The molecule has 8 rings (SSSR count). The number of alkyl halides is 3. The Labute approximate surface area is 373 Å². The molecule has 4 aliphatic rings. The molecular formula is C46H52F3N7O9. The molecular weight excluding hydrogens is 852 g/mol. The van der Waals surface area contributed by atoms with E-state index >= 15 is 0 Å². The van der Waals surface area contributed by atoms with Crippen molar-refractivity contribution in [3.8, 4) is 5.75 Å². The number of anilines is 1. The van der Waals surface area contributed by atoms with Crippen LogP contribution < -0.4 is 15.4 Å². The zero-order valence-electron chi connectivity index (χ0n) is 35.8. The van der Waals surface area contributed by atoms with Crippen LogP contribution in [0, 0.1) is 5.92 Å². The number of carbonyl (C=O) groups is 5. The molecule has 3 fully saturated rings. The Bertz CT molecular complexity index is 2410. The number of aliphatic hydroxyl groups is 1. The van der Waals surface area contributed by atoms with Gasteiger partial charge >= 0.3 is 6.18 Å². The predicted octanol–water partition coefficient (Wildman–Crippen LogP) is 4.66. The Morgan fingerprint density at radius 2 is 1.54 bits per heavy atom. The van der Waals surface area contributed by atoms with Crippen LogP contribution in [-0.2, 0) is 31.8 Å². The molecule has 1 atom stereocenters. The normalized spacial score (nSPS) is 20.9. The number of carbonyl (C=O) groups excluding carboxylic acids is 5. The Morgan fingerprint density at radius 1 is 0.815 bits per heavy atom. The number of nitrogens with zero attached hydrogens (tertiary/aromatic N) is 5. The van der Waals surface area contributed by atoms with Crippen molar-refractivity contribution in [1.29, 1.82) is 0 Å². The van der Waals surface area contributed by atoms with Gasteiger partial charge in [-0.2, -0.15) is 13.2 Å². The number of imidazole rings is 1. The Hall–Kier alpha value is -5.73. The van der Waals surface area contributed by atoms with E-state index in [1.807, 2.05) is 16.7 Å². The topological polar surface area (TPSA) is 185 Å². The molecule has 346 valence electrons. The standard InChI is InChI=1S/C46H52F3N7O9/c47-46(48,49)32-3-1-2-31(25-32)41(59)52-45-50-37-24-30(6-11-38(37)55(45)33-7-4-29(28-57)5-8-33)27-54-16-14-53(15-17-54)18-19-63-20-21-64-22-23-65-34-9-10-35-36(26-34)44(62)56(43(35)61)39-12-13-40(58)51-42(39)60/h1-3,6,9-11,24-26,29,33,39,57H,4-5,7-8,12-23,27-28H2,(H,50,52,59)(H,51,58,60). The maximum absolute atomic E-state index is 13.4. The molecule has 3 aromatic carbocycles. The molecule has 65 heavy (non-hydrogen) atoms. The van der Waals surface area contributed by atoms with Crippen LogP contribution in [0.2, 0.25) is 0 Å². The van der Waals surface area contributed by atoms with Crippen LogP contribution in [0.15, 0.2) is 60.7 Å². The van der Waals surface area contributed by atoms with Gasteiger partial charge < -0.3 is 23.9 Å². The van der Waals surface area contributed by atoms with Crippen LogP contribution in [0.3, 0.4) is 0 Å². The fourth-order valence-corrected chi connectivity index (χ4v) is 9.00. The van der Waals surface area contributed by atoms with Crippen molar-refractivity contribution in [3.63, 3.8) is 0 Å². The molecule has 4 heterocycles. The first-order valence-corrected chi connectivity index (χ1v) is 22.0. The number of piperazine rings is 1. The number of fused-ring (bicyclic) bond motifs is 2. The van der Waals surface area contributed by atoms with E-state index in [9.17, 15) is 42.3 Å². The summed E-state index contributed by atoms with van der Waals surface area (Å²) in [5.74, 6) is -2.06. The summed E-state index contributed by atoms with van der Waals surface area (Å²) >= 11 is 0. The van der Waals surface area contributed by atoms with Gasteiger partial charge in [-0.1, -0.05) is 12.1 Å². The summed E-state index contributed by atoms with van der Waals surface area (Å²) in [6, 6.07) is 14.0. The maximum atomic E-state index is 13.4. The van der Waals surface area contributed by atoms with Gasteiger partial charge in [0, 0.05) is 63.9 Å². The van der Waals surface area contributed by atoms with Crippen molar-refractivity contribution in [3.05, 3.63) is 88.5 Å². The minimum Gasteiger partial charge on any atom is -0.491 e. The van der Waals surface area contributed by atoms with E-state index in [1.165, 1.54) is 24.3 Å². The lowest BCUT2D eigenvalue weighted by Gasteiger charge is -2.34. The number of hydrogen-bond donors (Lipinski definition) is 3. The van der Waals surface area contributed by atoms with Gasteiger partial charge in [0.25, 0.3) is 17.7 Å². The molecule has 1 unspecified atom stereocenters. The van der Waals surface area contributed by atoms with E-state index in [1.54, 1.807) is 6.07 Å². The predicted molar refractivity (Wildman–Crippen MR) is 229 cm³/mol. The molecule has 16 nitrogen and oxygen atoms in total. The Morgan fingerprint density at radius 3 is 2.28 bits per heavy atom. The fraction of sp³-hybridized carbons (Fsp3) is 0.478. The number of imide groups is 2. The highest BCUT2D eigenvalue weighted by Crippen LogP contribution is 2.38. The van der Waals surface area contributed by atoms with Gasteiger partial charge in [0.15, 0.2) is 0 Å². The van der Waals surface area contributed by atoms with Gasteiger partial charge in [-0.05, 0) is 92.1 Å². The van der Waals surface area contributed by atoms with E-state index in [0.717, 1.165) is 86.5 Å². The van der Waals surface area contributed by atoms with Gasteiger partial charge in [-0.15, -0.1) is 0 Å². The number of aliphatic hydroxyl groups excluding tert-OH is 1. The molecule has 0 radical (unpaired) electrons. The number of piperidine rings is 1. The number of halogens is 3. The zero-order valence-corrected chi connectivity index (χ0v) is 35.8. The van der Waals surface area contributed by atoms with Crippen LogP contribution in [0.5, 0.6) is 5.75 Å². The SMILES string of the molecule is O=C1CCC(N2C(=O)c3ccc(OCCOCCOCCN4CCN(Cc5ccc6c(c5)nc(NC(=O)c5cccc(C(F)(F)F)c5)n6C5CCC(CO)CC5)CC4)cc3C2=O)C(=O)N1. The molecule has 1 saturated carbocycles. The first-order valence-electron chi connectivity index (χ1n) is 22.0. The highest BCUT2D eigenvalue weighted by Gasteiger charge is 2.45. The molecule has 1 aliphatic carbocycles. The van der Waals surface area contributed by atoms with Crippen molar-refractivity contribution in [1.82, 2.24) is 29.6 Å². The van der Waals surface area contributed by atoms with Gasteiger partial charge in [0.1, 0.15) is 18.4 Å². The van der Waals surface area contributed by atoms with Gasteiger partial charge in [0.05, 0.1) is 54.2 Å². The van der Waals surface area contributed by atoms with Crippen molar-refractivity contribution >= 4 is 46.5 Å². The number of benzene rings is 3. The van der Waals surface area contributed by atoms with E-state index < -0.39 is 47.3 Å². The van der Waals surface area contributed by atoms with E-state index in [2.05, 4.69) is 26.5 Å². The van der Waals surface area contributed by atoms with E-state index in [-0.39, 0.29) is 67.3 Å². The van der Waals surface area contributed by atoms with Crippen molar-refractivity contribution < 1.29 is 56.5 Å². The number of ether oxygens (including phenoxy) is 3. The molecule has 0 bridgehead atoms. The van der Waals surface area contributed by atoms with E-state index in [0.29, 0.717) is 37.6 Å². The second-order valence-electron chi connectivity index (χ2n) is 16.9. The first kappa shape index (κ1) is 45.8. The third-order valence-electron chi connectivity index (χ3n) is 12.6. The summed E-state index contributed by atoms with van der Waals surface area (Å²) in [6.07, 6.45) is -1.26. The molecule has 4 aromatic rings. The lowest BCUT2D eigenvalue weighted by atomic mass is 9.86. The van der Waals surface area contributed by atoms with Crippen LogP contribution in [0.25, 0.3) is 11.0 Å². The molecule has 19 heteroatoms. The van der Waals surface area contributed by atoms with Crippen molar-refractivity contribution in [2.75, 3.05) is 77.7 Å². The van der Waals surface area contributed by atoms with Gasteiger partial charge in [0.2, 0.25) is 17.8 Å². The molecule has 1 aromatic heterocycles. The molecule has 5 amide bonds. The van der Waals surface area contributed by atoms with Crippen LogP contribution in [0.1, 0.15) is 86.8 Å². The molecule has 3 aliphatic heterocycles. The Balaban J connectivity index is 0.751. The van der Waals surface area contributed by atoms with Gasteiger partial charge in [-0.3, -0.25) is 49.3 Å². The lowest BCUT2D eigenvalue weighted by molar-refractivity contribution is -0.138. The summed E-state index contributed by atoms with van der Waals surface area (Å²) in [6.45, 7) is 6.85. The number of hydrogen-bond acceptors (Lipinski definition) is 12. The zero-order chi connectivity index (χ0) is 45.7. The third kappa shape index (κ3) is 10.7. The monoisotopic (exact) mass is 903 g/mol.